The molecule has 0 unspecified atom stereocenters. The minimum absolute atomic E-state index is 0.157. The van der Waals surface area contributed by atoms with E-state index in [1.807, 2.05) is 30.3 Å². The molecule has 0 fully saturated rings. The van der Waals surface area contributed by atoms with Crippen LogP contribution in [0.3, 0.4) is 0 Å². The van der Waals surface area contributed by atoms with Crippen LogP contribution in [0.5, 0.6) is 5.75 Å². The molecule has 1 aliphatic heterocycles. The number of anilines is 1. The fraction of sp³-hybridized carbons (Fsp3) is 0.238. The Morgan fingerprint density at radius 1 is 1.10 bits per heavy atom. The third-order valence-electron chi connectivity index (χ3n) is 3.85. The number of carbonyl (C=O) groups is 2. The summed E-state index contributed by atoms with van der Waals surface area (Å²) in [6.07, 6.45) is 1.81. The molecule has 1 heterocycles. The molecular formula is C21H18Br3NO4. The van der Waals surface area contributed by atoms with Gasteiger partial charge in [-0.15, -0.1) is 0 Å². The first-order chi connectivity index (χ1) is 13.5. The average Bonchev–Trinajstić information content (AvgIpc) is 2.88. The van der Waals surface area contributed by atoms with Gasteiger partial charge < -0.3 is 14.8 Å². The molecule has 1 N–H and O–H groups in total. The molecule has 0 bridgehead atoms. The smallest absolute Gasteiger partial charge is 0.344 e. The van der Waals surface area contributed by atoms with E-state index in [1.54, 1.807) is 26.8 Å². The fourth-order valence-electron chi connectivity index (χ4n) is 2.77. The van der Waals surface area contributed by atoms with Crippen LogP contribution in [0, 0.1) is 0 Å². The Balaban J connectivity index is 1.83. The number of esters is 1. The lowest BCUT2D eigenvalue weighted by molar-refractivity contribution is -0.157. The normalized spacial score (nSPS) is 14.6. The van der Waals surface area contributed by atoms with Gasteiger partial charge in [0.2, 0.25) is 0 Å². The van der Waals surface area contributed by atoms with Crippen LogP contribution < -0.4 is 10.1 Å². The minimum Gasteiger partial charge on any atom is -0.480 e. The minimum atomic E-state index is -0.571. The largest absolute Gasteiger partial charge is 0.480 e. The first-order valence-corrected chi connectivity index (χ1v) is 11.1. The maximum atomic E-state index is 12.4. The molecule has 152 valence electrons. The Morgan fingerprint density at radius 2 is 1.76 bits per heavy atom. The molecule has 8 heteroatoms. The molecule has 1 amide bonds. The number of rotatable bonds is 4. The summed E-state index contributed by atoms with van der Waals surface area (Å²) in [4.78, 5) is 24.3. The van der Waals surface area contributed by atoms with Crippen LogP contribution >= 0.6 is 47.8 Å². The molecule has 2 aromatic carbocycles. The second kappa shape index (κ2) is 8.62. The number of nitrogens with one attached hydrogen (secondary N) is 1. The van der Waals surface area contributed by atoms with Gasteiger partial charge >= 0.3 is 5.97 Å². The van der Waals surface area contributed by atoms with Crippen LogP contribution in [-0.2, 0) is 14.3 Å². The number of ether oxygens (including phenoxy) is 2. The third-order valence-corrected chi connectivity index (χ3v) is 5.52. The molecule has 0 saturated carbocycles. The van der Waals surface area contributed by atoms with Crippen molar-refractivity contribution in [3.63, 3.8) is 0 Å². The number of hydrogen-bond acceptors (Lipinski definition) is 4. The quantitative estimate of drug-likeness (QED) is 0.342. The number of benzene rings is 2. The second-order valence-corrected chi connectivity index (χ2v) is 10.0. The van der Waals surface area contributed by atoms with Gasteiger partial charge in [-0.25, -0.2) is 4.79 Å². The zero-order valence-electron chi connectivity index (χ0n) is 15.9. The summed E-state index contributed by atoms with van der Waals surface area (Å²) in [6, 6.07) is 9.29. The number of fused-ring (bicyclic) bond motifs is 1. The Hall–Kier alpha value is -1.64. The summed E-state index contributed by atoms with van der Waals surface area (Å²) < 4.78 is 13.1. The summed E-state index contributed by atoms with van der Waals surface area (Å²) in [6.45, 7) is 5.19. The van der Waals surface area contributed by atoms with Crippen molar-refractivity contribution < 1.29 is 19.1 Å². The summed E-state index contributed by atoms with van der Waals surface area (Å²) in [5.74, 6) is -0.125. The number of carbonyl (C=O) groups excluding carboxylic acids is 2. The van der Waals surface area contributed by atoms with E-state index in [1.165, 1.54) is 0 Å². The van der Waals surface area contributed by atoms with Crippen molar-refractivity contribution in [3.8, 4) is 5.75 Å². The Morgan fingerprint density at radius 3 is 2.38 bits per heavy atom. The van der Waals surface area contributed by atoms with Crippen LogP contribution in [0.1, 0.15) is 31.9 Å². The molecule has 5 nitrogen and oxygen atoms in total. The van der Waals surface area contributed by atoms with E-state index in [-0.39, 0.29) is 12.5 Å². The monoisotopic (exact) mass is 585 g/mol. The zero-order chi connectivity index (χ0) is 21.3. The van der Waals surface area contributed by atoms with E-state index in [0.717, 1.165) is 21.3 Å². The van der Waals surface area contributed by atoms with Crippen molar-refractivity contribution in [1.29, 1.82) is 0 Å². The molecule has 0 saturated heterocycles. The molecule has 29 heavy (non-hydrogen) atoms. The number of hydrogen-bond donors (Lipinski definition) is 1. The molecule has 0 spiro atoms. The highest BCUT2D eigenvalue weighted by Crippen LogP contribution is 2.38. The van der Waals surface area contributed by atoms with Crippen molar-refractivity contribution in [2.75, 3.05) is 11.9 Å². The van der Waals surface area contributed by atoms with Crippen molar-refractivity contribution >= 4 is 77.0 Å². The predicted molar refractivity (Wildman–Crippen MR) is 124 cm³/mol. The molecule has 0 atom stereocenters. The number of amides is 1. The lowest BCUT2D eigenvalue weighted by Gasteiger charge is -2.20. The van der Waals surface area contributed by atoms with Crippen molar-refractivity contribution in [2.24, 2.45) is 0 Å². The SMILES string of the molecule is CC(C)(C)OC(=O)COc1c(Br)cc(/C=C2\C(=O)Nc3ccc(Br)cc32)cc1Br. The molecule has 1 aliphatic rings. The second-order valence-electron chi connectivity index (χ2n) is 7.39. The van der Waals surface area contributed by atoms with E-state index in [2.05, 4.69) is 53.1 Å². The maximum absolute atomic E-state index is 12.4. The van der Waals surface area contributed by atoms with E-state index in [4.69, 9.17) is 9.47 Å². The average molecular weight is 588 g/mol. The van der Waals surface area contributed by atoms with Crippen molar-refractivity contribution in [2.45, 2.75) is 26.4 Å². The van der Waals surface area contributed by atoms with Crippen LogP contribution in [0.15, 0.2) is 43.7 Å². The van der Waals surface area contributed by atoms with Gasteiger partial charge in [0.1, 0.15) is 11.4 Å². The lowest BCUT2D eigenvalue weighted by atomic mass is 10.0. The topological polar surface area (TPSA) is 64.6 Å². The van der Waals surface area contributed by atoms with Gasteiger partial charge in [0.25, 0.3) is 5.91 Å². The molecule has 0 aliphatic carbocycles. The Kier molecular flexibility index (Phi) is 6.55. The Bertz CT molecular complexity index is 1000. The van der Waals surface area contributed by atoms with E-state index >= 15 is 0 Å². The van der Waals surface area contributed by atoms with Crippen LogP contribution in [0.4, 0.5) is 5.69 Å². The highest BCUT2D eigenvalue weighted by atomic mass is 79.9. The molecule has 3 rings (SSSR count). The molecule has 0 radical (unpaired) electrons. The van der Waals surface area contributed by atoms with Crippen molar-refractivity contribution in [1.82, 2.24) is 0 Å². The summed E-state index contributed by atoms with van der Waals surface area (Å²) in [5.41, 5.74) is 2.41. The van der Waals surface area contributed by atoms with Gasteiger partial charge in [-0.05, 0) is 94.6 Å². The lowest BCUT2D eigenvalue weighted by Crippen LogP contribution is -2.27. The summed E-state index contributed by atoms with van der Waals surface area (Å²) in [5, 5.41) is 2.86. The highest BCUT2D eigenvalue weighted by molar-refractivity contribution is 9.11. The van der Waals surface area contributed by atoms with Crippen LogP contribution in [-0.4, -0.2) is 24.1 Å². The third kappa shape index (κ3) is 5.49. The van der Waals surface area contributed by atoms with Gasteiger partial charge in [0.05, 0.1) is 8.95 Å². The standard InChI is InChI=1S/C21H18Br3NO4/c1-21(2,3)29-18(26)10-28-19-15(23)7-11(8-16(19)24)6-14-13-9-12(22)4-5-17(13)25-20(14)27/h4-9H,10H2,1-3H3,(H,25,27)/b14-6-. The fourth-order valence-corrected chi connectivity index (χ4v) is 4.58. The van der Waals surface area contributed by atoms with Gasteiger partial charge in [0, 0.05) is 21.3 Å². The van der Waals surface area contributed by atoms with Crippen LogP contribution in [0.2, 0.25) is 0 Å². The molecule has 2 aromatic rings. The van der Waals surface area contributed by atoms with Gasteiger partial charge in [-0.3, -0.25) is 4.79 Å². The van der Waals surface area contributed by atoms with E-state index in [0.29, 0.717) is 20.3 Å². The zero-order valence-corrected chi connectivity index (χ0v) is 20.7. The number of halogens is 3. The Labute approximate surface area is 194 Å². The predicted octanol–water partition coefficient (Wildman–Crippen LogP) is 6.19. The van der Waals surface area contributed by atoms with E-state index < -0.39 is 11.6 Å². The summed E-state index contributed by atoms with van der Waals surface area (Å²) in [7, 11) is 0. The van der Waals surface area contributed by atoms with Gasteiger partial charge in [0.15, 0.2) is 6.61 Å². The first-order valence-electron chi connectivity index (χ1n) is 8.70. The van der Waals surface area contributed by atoms with Crippen LogP contribution in [0.25, 0.3) is 11.6 Å². The summed E-state index contributed by atoms with van der Waals surface area (Å²) >= 11 is 10.4. The maximum Gasteiger partial charge on any atom is 0.344 e. The van der Waals surface area contributed by atoms with E-state index in [9.17, 15) is 9.59 Å². The molecular weight excluding hydrogens is 570 g/mol. The highest BCUT2D eigenvalue weighted by Gasteiger charge is 2.24. The van der Waals surface area contributed by atoms with Gasteiger partial charge in [-0.1, -0.05) is 15.9 Å². The molecule has 0 aromatic heterocycles. The first kappa shape index (κ1) is 22.1. The van der Waals surface area contributed by atoms with Crippen molar-refractivity contribution in [3.05, 3.63) is 54.9 Å². The van der Waals surface area contributed by atoms with Gasteiger partial charge in [-0.2, -0.15) is 0 Å².